The van der Waals surface area contributed by atoms with Crippen molar-refractivity contribution in [3.05, 3.63) is 46.6 Å². The van der Waals surface area contributed by atoms with Crippen LogP contribution in [0.4, 0.5) is 5.82 Å². The molecule has 0 spiro atoms. The van der Waals surface area contributed by atoms with Gasteiger partial charge in [0.2, 0.25) is 0 Å². The number of methoxy groups -OCH3 is 2. The second kappa shape index (κ2) is 5.79. The first-order valence-corrected chi connectivity index (χ1v) is 6.13. The average molecular weight is 293 g/mol. The summed E-state index contributed by atoms with van der Waals surface area (Å²) in [6, 6.07) is 6.32. The Labute approximate surface area is 121 Å². The van der Waals surface area contributed by atoms with Crippen LogP contribution in [0.15, 0.2) is 30.5 Å². The first kappa shape index (κ1) is 14.1. The van der Waals surface area contributed by atoms with Crippen molar-refractivity contribution >= 4 is 23.2 Å². The van der Waals surface area contributed by atoms with Crippen LogP contribution in [0.3, 0.4) is 0 Å². The van der Waals surface area contributed by atoms with Gasteiger partial charge in [-0.25, -0.2) is 4.98 Å². The molecule has 0 saturated carbocycles. The zero-order chi connectivity index (χ0) is 14.7. The number of ketones is 1. The van der Waals surface area contributed by atoms with Crippen molar-refractivity contribution in [2.75, 3.05) is 20.0 Å². The predicted molar refractivity (Wildman–Crippen MR) is 76.6 cm³/mol. The summed E-state index contributed by atoms with van der Waals surface area (Å²) < 4.78 is 10.3. The van der Waals surface area contributed by atoms with Gasteiger partial charge >= 0.3 is 0 Å². The third kappa shape index (κ3) is 2.53. The Hall–Kier alpha value is -2.27. The number of nitrogen functional groups attached to an aromatic ring is 1. The van der Waals surface area contributed by atoms with E-state index in [1.54, 1.807) is 18.2 Å². The number of rotatable bonds is 4. The van der Waals surface area contributed by atoms with E-state index in [4.69, 9.17) is 26.8 Å². The number of aromatic nitrogens is 1. The highest BCUT2D eigenvalue weighted by Gasteiger charge is 2.18. The summed E-state index contributed by atoms with van der Waals surface area (Å²) in [7, 11) is 2.95. The van der Waals surface area contributed by atoms with Crippen molar-refractivity contribution in [3.8, 4) is 11.5 Å². The van der Waals surface area contributed by atoms with Gasteiger partial charge in [-0.15, -0.1) is 0 Å². The smallest absolute Gasteiger partial charge is 0.196 e. The van der Waals surface area contributed by atoms with Crippen molar-refractivity contribution in [3.63, 3.8) is 0 Å². The Morgan fingerprint density at radius 2 is 2.05 bits per heavy atom. The molecular weight excluding hydrogens is 280 g/mol. The molecule has 0 bridgehead atoms. The minimum Gasteiger partial charge on any atom is -0.493 e. The lowest BCUT2D eigenvalue weighted by Gasteiger charge is -2.11. The molecule has 0 aliphatic heterocycles. The fraction of sp³-hybridized carbons (Fsp3) is 0.143. The van der Waals surface area contributed by atoms with Gasteiger partial charge in [0, 0.05) is 11.8 Å². The van der Waals surface area contributed by atoms with Crippen LogP contribution in [-0.2, 0) is 0 Å². The van der Waals surface area contributed by atoms with Crippen LogP contribution in [0.2, 0.25) is 5.02 Å². The first-order valence-electron chi connectivity index (χ1n) is 5.75. The fourth-order valence-electron chi connectivity index (χ4n) is 1.81. The fourth-order valence-corrected chi connectivity index (χ4v) is 2.10. The van der Waals surface area contributed by atoms with Gasteiger partial charge in [-0.2, -0.15) is 0 Å². The van der Waals surface area contributed by atoms with E-state index in [2.05, 4.69) is 4.98 Å². The molecule has 0 atom stereocenters. The molecule has 0 aliphatic carbocycles. The van der Waals surface area contributed by atoms with Crippen molar-refractivity contribution in [1.29, 1.82) is 0 Å². The molecule has 0 fully saturated rings. The van der Waals surface area contributed by atoms with Gasteiger partial charge in [0.25, 0.3) is 0 Å². The zero-order valence-electron chi connectivity index (χ0n) is 11.0. The van der Waals surface area contributed by atoms with Gasteiger partial charge in [-0.1, -0.05) is 11.6 Å². The van der Waals surface area contributed by atoms with Crippen molar-refractivity contribution in [2.24, 2.45) is 0 Å². The van der Waals surface area contributed by atoms with Crippen LogP contribution < -0.4 is 15.2 Å². The van der Waals surface area contributed by atoms with Gasteiger partial charge in [0.15, 0.2) is 17.3 Å². The monoisotopic (exact) mass is 292 g/mol. The molecule has 1 heterocycles. The maximum atomic E-state index is 12.4. The molecule has 0 saturated heterocycles. The second-order valence-electron chi connectivity index (χ2n) is 3.96. The number of halogens is 1. The molecule has 2 aromatic rings. The number of hydrogen-bond acceptors (Lipinski definition) is 5. The third-order valence-corrected chi connectivity index (χ3v) is 3.06. The molecule has 104 valence electrons. The third-order valence-electron chi connectivity index (χ3n) is 2.78. The highest BCUT2D eigenvalue weighted by atomic mass is 35.5. The lowest BCUT2D eigenvalue weighted by atomic mass is 10.0. The molecule has 6 heteroatoms. The number of nitrogens with two attached hydrogens (primary N) is 1. The summed E-state index contributed by atoms with van der Waals surface area (Å²) in [6.07, 6.45) is 1.52. The lowest BCUT2D eigenvalue weighted by molar-refractivity contribution is 0.103. The van der Waals surface area contributed by atoms with Crippen LogP contribution in [-0.4, -0.2) is 25.0 Å². The molecule has 2 rings (SSSR count). The van der Waals surface area contributed by atoms with Gasteiger partial charge in [0.05, 0.1) is 24.8 Å². The molecule has 0 amide bonds. The highest BCUT2D eigenvalue weighted by molar-refractivity contribution is 6.33. The van der Waals surface area contributed by atoms with Crippen LogP contribution in [0.5, 0.6) is 11.5 Å². The number of anilines is 1. The SMILES string of the molecule is COc1cc(C(=O)c2cccnc2N)cc(Cl)c1OC. The molecule has 0 radical (unpaired) electrons. The molecule has 0 unspecified atom stereocenters. The molecular formula is C14H13ClN2O3. The summed E-state index contributed by atoms with van der Waals surface area (Å²) in [5.74, 6) is 0.651. The van der Waals surface area contributed by atoms with E-state index in [-0.39, 0.29) is 16.6 Å². The number of carbonyl (C=O) groups is 1. The molecule has 1 aromatic heterocycles. The summed E-state index contributed by atoms with van der Waals surface area (Å²) in [6.45, 7) is 0. The summed E-state index contributed by atoms with van der Waals surface area (Å²) in [4.78, 5) is 16.3. The largest absolute Gasteiger partial charge is 0.493 e. The Morgan fingerprint density at radius 3 is 2.65 bits per heavy atom. The van der Waals surface area contributed by atoms with E-state index in [0.717, 1.165) is 0 Å². The van der Waals surface area contributed by atoms with E-state index >= 15 is 0 Å². The molecule has 5 nitrogen and oxygen atoms in total. The zero-order valence-corrected chi connectivity index (χ0v) is 11.8. The number of nitrogens with zero attached hydrogens (tertiary/aromatic N) is 1. The first-order chi connectivity index (χ1) is 9.58. The normalized spacial score (nSPS) is 10.2. The van der Waals surface area contributed by atoms with Gasteiger partial charge in [0.1, 0.15) is 5.82 Å². The Kier molecular flexibility index (Phi) is 4.10. The Balaban J connectivity index is 2.51. The van der Waals surface area contributed by atoms with Crippen LogP contribution in [0.1, 0.15) is 15.9 Å². The number of hydrogen-bond donors (Lipinski definition) is 1. The standard InChI is InChI=1S/C14H13ClN2O3/c1-19-11-7-8(6-10(15)13(11)20-2)12(18)9-4-3-5-17-14(9)16/h3-7H,1-2H3,(H2,16,17). The van der Waals surface area contributed by atoms with E-state index in [1.807, 2.05) is 0 Å². The summed E-state index contributed by atoms with van der Waals surface area (Å²) in [5.41, 5.74) is 6.37. The topological polar surface area (TPSA) is 74.4 Å². The van der Waals surface area contributed by atoms with E-state index < -0.39 is 0 Å². The minimum absolute atomic E-state index is 0.170. The van der Waals surface area contributed by atoms with Crippen LogP contribution >= 0.6 is 11.6 Å². The lowest BCUT2D eigenvalue weighted by Crippen LogP contribution is -2.07. The molecule has 1 aromatic carbocycles. The number of pyridine rings is 1. The number of carbonyl (C=O) groups excluding carboxylic acids is 1. The highest BCUT2D eigenvalue weighted by Crippen LogP contribution is 2.36. The number of benzene rings is 1. The van der Waals surface area contributed by atoms with Gasteiger partial charge < -0.3 is 15.2 Å². The second-order valence-corrected chi connectivity index (χ2v) is 4.37. The number of ether oxygens (including phenoxy) is 2. The van der Waals surface area contributed by atoms with Crippen molar-refractivity contribution < 1.29 is 14.3 Å². The summed E-state index contributed by atoms with van der Waals surface area (Å²) >= 11 is 6.08. The van der Waals surface area contributed by atoms with Crippen molar-refractivity contribution in [1.82, 2.24) is 4.98 Å². The predicted octanol–water partition coefficient (Wildman–Crippen LogP) is 2.57. The van der Waals surface area contributed by atoms with Gasteiger partial charge in [-0.05, 0) is 24.3 Å². The maximum Gasteiger partial charge on any atom is 0.196 e. The molecule has 2 N–H and O–H groups in total. The minimum atomic E-state index is -0.279. The van der Waals surface area contributed by atoms with Crippen LogP contribution in [0.25, 0.3) is 0 Å². The van der Waals surface area contributed by atoms with Crippen LogP contribution in [0, 0.1) is 0 Å². The Bertz CT molecular complexity index is 659. The quantitative estimate of drug-likeness (QED) is 0.877. The summed E-state index contributed by atoms with van der Waals surface area (Å²) in [5, 5.41) is 0.290. The average Bonchev–Trinajstić information content (AvgIpc) is 2.46. The van der Waals surface area contributed by atoms with E-state index in [0.29, 0.717) is 22.6 Å². The van der Waals surface area contributed by atoms with E-state index in [9.17, 15) is 4.79 Å². The molecule has 20 heavy (non-hydrogen) atoms. The maximum absolute atomic E-state index is 12.4. The van der Waals surface area contributed by atoms with E-state index in [1.165, 1.54) is 26.5 Å². The van der Waals surface area contributed by atoms with Gasteiger partial charge in [-0.3, -0.25) is 4.79 Å². The Morgan fingerprint density at radius 1 is 1.30 bits per heavy atom. The molecule has 0 aliphatic rings. The van der Waals surface area contributed by atoms with Crippen molar-refractivity contribution in [2.45, 2.75) is 0 Å².